The molecule has 28 heavy (non-hydrogen) atoms. The molecule has 2 heterocycles. The topological polar surface area (TPSA) is 106 Å². The highest BCUT2D eigenvalue weighted by atomic mass is 32.2. The van der Waals surface area contributed by atoms with Gasteiger partial charge in [-0.1, -0.05) is 0 Å². The molecule has 0 spiro atoms. The van der Waals surface area contributed by atoms with Gasteiger partial charge in [-0.05, 0) is 55.7 Å². The highest BCUT2D eigenvalue weighted by molar-refractivity contribution is 7.89. The standard InChI is InChI=1S/C19H22N2O6S/c22-18(21-10-2-1-3-11-21)14-27-19(23)15-6-8-17(9-7-15)28(24,25)20-13-16-5-4-12-26-16/h4-9,12,20H,1-3,10-11,13-14H2. The van der Waals surface area contributed by atoms with E-state index < -0.39 is 16.0 Å². The molecule has 2 aromatic rings. The van der Waals surface area contributed by atoms with Gasteiger partial charge < -0.3 is 14.1 Å². The van der Waals surface area contributed by atoms with E-state index in [1.165, 1.54) is 30.5 Å². The number of hydrogen-bond donors (Lipinski definition) is 1. The van der Waals surface area contributed by atoms with Gasteiger partial charge >= 0.3 is 5.97 Å². The molecule has 1 aromatic carbocycles. The van der Waals surface area contributed by atoms with Crippen LogP contribution in [0.3, 0.4) is 0 Å². The summed E-state index contributed by atoms with van der Waals surface area (Å²) < 4.78 is 37.1. The second-order valence-corrected chi connectivity index (χ2v) is 8.21. The van der Waals surface area contributed by atoms with Crippen molar-refractivity contribution in [2.45, 2.75) is 30.7 Å². The molecule has 0 bridgehead atoms. The Morgan fingerprint density at radius 3 is 2.43 bits per heavy atom. The molecule has 3 rings (SSSR count). The van der Waals surface area contributed by atoms with Gasteiger partial charge in [-0.15, -0.1) is 0 Å². The Morgan fingerprint density at radius 2 is 1.79 bits per heavy atom. The third-order valence-corrected chi connectivity index (χ3v) is 5.87. The number of sulfonamides is 1. The Balaban J connectivity index is 1.54. The highest BCUT2D eigenvalue weighted by Crippen LogP contribution is 2.13. The molecule has 8 nitrogen and oxygen atoms in total. The van der Waals surface area contributed by atoms with E-state index in [1.54, 1.807) is 17.0 Å². The van der Waals surface area contributed by atoms with Crippen LogP contribution in [0.5, 0.6) is 0 Å². The Bertz CT molecular complexity index is 900. The van der Waals surface area contributed by atoms with Crippen LogP contribution in [0, 0.1) is 0 Å². The summed E-state index contributed by atoms with van der Waals surface area (Å²) in [4.78, 5) is 25.9. The third kappa shape index (κ3) is 5.20. The first-order chi connectivity index (χ1) is 13.5. The summed E-state index contributed by atoms with van der Waals surface area (Å²) in [5.41, 5.74) is 0.177. The summed E-state index contributed by atoms with van der Waals surface area (Å²) in [6, 6.07) is 8.66. The second-order valence-electron chi connectivity index (χ2n) is 6.45. The Kier molecular flexibility index (Phi) is 6.48. The summed E-state index contributed by atoms with van der Waals surface area (Å²) in [6.45, 7) is 1.09. The van der Waals surface area contributed by atoms with E-state index in [2.05, 4.69) is 4.72 Å². The first-order valence-corrected chi connectivity index (χ1v) is 10.5. The van der Waals surface area contributed by atoms with Crippen molar-refractivity contribution in [2.75, 3.05) is 19.7 Å². The number of benzene rings is 1. The van der Waals surface area contributed by atoms with Crippen LogP contribution in [-0.2, 0) is 26.1 Å². The zero-order valence-electron chi connectivity index (χ0n) is 15.3. The monoisotopic (exact) mass is 406 g/mol. The van der Waals surface area contributed by atoms with E-state index in [9.17, 15) is 18.0 Å². The van der Waals surface area contributed by atoms with E-state index in [1.807, 2.05) is 0 Å². The Hall–Kier alpha value is -2.65. The van der Waals surface area contributed by atoms with E-state index in [0.29, 0.717) is 18.8 Å². The molecule has 0 saturated carbocycles. The van der Waals surface area contributed by atoms with Crippen molar-refractivity contribution in [2.24, 2.45) is 0 Å². The molecule has 1 aromatic heterocycles. The number of furan rings is 1. The summed E-state index contributed by atoms with van der Waals surface area (Å²) >= 11 is 0. The lowest BCUT2D eigenvalue weighted by Crippen LogP contribution is -2.38. The summed E-state index contributed by atoms with van der Waals surface area (Å²) in [7, 11) is -3.74. The van der Waals surface area contributed by atoms with E-state index in [-0.39, 0.29) is 29.5 Å². The normalized spacial score (nSPS) is 14.6. The SMILES string of the molecule is O=C(OCC(=O)N1CCCCC1)c1ccc(S(=O)(=O)NCc2ccco2)cc1. The van der Waals surface area contributed by atoms with Crippen molar-refractivity contribution in [3.05, 3.63) is 54.0 Å². The molecule has 9 heteroatoms. The van der Waals surface area contributed by atoms with Gasteiger partial charge in [-0.2, -0.15) is 0 Å². The number of carbonyl (C=O) groups is 2. The maximum absolute atomic E-state index is 12.3. The third-order valence-electron chi connectivity index (χ3n) is 4.45. The van der Waals surface area contributed by atoms with Crippen LogP contribution in [0.1, 0.15) is 35.4 Å². The van der Waals surface area contributed by atoms with Crippen LogP contribution < -0.4 is 4.72 Å². The van der Waals surface area contributed by atoms with Crippen molar-refractivity contribution < 1.29 is 27.2 Å². The number of esters is 1. The highest BCUT2D eigenvalue weighted by Gasteiger charge is 2.19. The van der Waals surface area contributed by atoms with E-state index in [4.69, 9.17) is 9.15 Å². The van der Waals surface area contributed by atoms with Crippen LogP contribution in [-0.4, -0.2) is 44.9 Å². The van der Waals surface area contributed by atoms with Crippen LogP contribution in [0.25, 0.3) is 0 Å². The van der Waals surface area contributed by atoms with Crippen LogP contribution in [0.4, 0.5) is 0 Å². The Morgan fingerprint density at radius 1 is 1.07 bits per heavy atom. The van der Waals surface area contributed by atoms with Gasteiger partial charge in [0, 0.05) is 13.1 Å². The number of likely N-dealkylation sites (tertiary alicyclic amines) is 1. The fourth-order valence-corrected chi connectivity index (χ4v) is 3.87. The predicted molar refractivity (Wildman–Crippen MR) is 99.9 cm³/mol. The zero-order valence-corrected chi connectivity index (χ0v) is 16.1. The number of hydrogen-bond acceptors (Lipinski definition) is 6. The first kappa shape index (κ1) is 20.1. The lowest BCUT2D eigenvalue weighted by molar-refractivity contribution is -0.135. The predicted octanol–water partition coefficient (Wildman–Crippen LogP) is 1.93. The number of carbonyl (C=O) groups excluding carboxylic acids is 2. The van der Waals surface area contributed by atoms with Crippen LogP contribution >= 0.6 is 0 Å². The first-order valence-electron chi connectivity index (χ1n) is 9.03. The molecule has 1 amide bonds. The molecule has 0 aliphatic carbocycles. The van der Waals surface area contributed by atoms with Gasteiger partial charge in [0.15, 0.2) is 6.61 Å². The molecule has 150 valence electrons. The molecule has 0 atom stereocenters. The van der Waals surface area contributed by atoms with Crippen LogP contribution in [0.2, 0.25) is 0 Å². The Labute approximate surface area is 163 Å². The van der Waals surface area contributed by atoms with Gasteiger partial charge in [0.25, 0.3) is 5.91 Å². The maximum Gasteiger partial charge on any atom is 0.338 e. The molecule has 1 aliphatic heterocycles. The molecule has 1 saturated heterocycles. The van der Waals surface area contributed by atoms with Gasteiger partial charge in [-0.25, -0.2) is 17.9 Å². The van der Waals surface area contributed by atoms with E-state index in [0.717, 1.165) is 19.3 Å². The largest absolute Gasteiger partial charge is 0.468 e. The summed E-state index contributed by atoms with van der Waals surface area (Å²) in [5.74, 6) is -0.394. The number of nitrogens with zero attached hydrogens (tertiary/aromatic N) is 1. The van der Waals surface area contributed by atoms with Crippen molar-refractivity contribution in [3.63, 3.8) is 0 Å². The minimum atomic E-state index is -3.74. The number of amides is 1. The van der Waals surface area contributed by atoms with E-state index >= 15 is 0 Å². The van der Waals surface area contributed by atoms with Gasteiger partial charge in [0.05, 0.1) is 23.3 Å². The molecule has 1 fully saturated rings. The zero-order chi connectivity index (χ0) is 20.0. The molecule has 1 N–H and O–H groups in total. The van der Waals surface area contributed by atoms with Crippen LogP contribution in [0.15, 0.2) is 52.0 Å². The van der Waals surface area contributed by atoms with Gasteiger partial charge in [0.2, 0.25) is 10.0 Å². The molecule has 0 unspecified atom stereocenters. The van der Waals surface area contributed by atoms with Crippen molar-refractivity contribution in [1.82, 2.24) is 9.62 Å². The summed E-state index contributed by atoms with van der Waals surface area (Å²) in [5, 5.41) is 0. The van der Waals surface area contributed by atoms with Crippen molar-refractivity contribution in [1.29, 1.82) is 0 Å². The fourth-order valence-electron chi connectivity index (χ4n) is 2.88. The minimum absolute atomic E-state index is 0.0139. The number of ether oxygens (including phenoxy) is 1. The molecular weight excluding hydrogens is 384 g/mol. The lowest BCUT2D eigenvalue weighted by Gasteiger charge is -2.26. The minimum Gasteiger partial charge on any atom is -0.468 e. The average Bonchev–Trinajstić information content (AvgIpc) is 3.25. The van der Waals surface area contributed by atoms with Gasteiger partial charge in [-0.3, -0.25) is 4.79 Å². The average molecular weight is 406 g/mol. The summed E-state index contributed by atoms with van der Waals surface area (Å²) in [6.07, 6.45) is 4.49. The number of nitrogens with one attached hydrogen (secondary N) is 1. The molecule has 0 radical (unpaired) electrons. The van der Waals surface area contributed by atoms with Crippen molar-refractivity contribution in [3.8, 4) is 0 Å². The molecule has 1 aliphatic rings. The van der Waals surface area contributed by atoms with Gasteiger partial charge in [0.1, 0.15) is 5.76 Å². The maximum atomic E-state index is 12.3. The quantitative estimate of drug-likeness (QED) is 0.705. The molecular formula is C19H22N2O6S. The smallest absolute Gasteiger partial charge is 0.338 e. The second kappa shape index (κ2) is 9.03. The fraction of sp³-hybridized carbons (Fsp3) is 0.368. The number of rotatable bonds is 7. The van der Waals surface area contributed by atoms with Crippen molar-refractivity contribution >= 4 is 21.9 Å². The lowest BCUT2D eigenvalue weighted by atomic mass is 10.1. The number of piperidine rings is 1.